The Balaban J connectivity index is 2.06. The number of hydrogen-bond donors (Lipinski definition) is 3. The number of ether oxygens (including phenoxy) is 3. The monoisotopic (exact) mass is 443 g/mol. The van der Waals surface area contributed by atoms with E-state index >= 15 is 0 Å². The molecule has 2 aromatic carbocycles. The van der Waals surface area contributed by atoms with Crippen LogP contribution in [0.5, 0.6) is 17.2 Å². The number of benzene rings is 2. The highest BCUT2D eigenvalue weighted by atomic mass is 16.5. The Kier molecular flexibility index (Phi) is 8.46. The van der Waals surface area contributed by atoms with Gasteiger partial charge in [-0.3, -0.25) is 14.4 Å². The largest absolute Gasteiger partial charge is 0.493 e. The molecule has 0 aliphatic rings. The molecular formula is C23H29N3O6. The molecule has 9 heteroatoms. The molecule has 0 fully saturated rings. The molecule has 0 radical (unpaired) electrons. The third-order valence-corrected chi connectivity index (χ3v) is 4.64. The molecule has 3 N–H and O–H groups in total. The van der Waals surface area contributed by atoms with Crippen molar-refractivity contribution in [1.82, 2.24) is 5.32 Å². The maximum Gasteiger partial charge on any atom is 0.251 e. The summed E-state index contributed by atoms with van der Waals surface area (Å²) < 4.78 is 15.7. The summed E-state index contributed by atoms with van der Waals surface area (Å²) in [7, 11) is 4.37. The van der Waals surface area contributed by atoms with Crippen molar-refractivity contribution in [3.05, 3.63) is 41.5 Å². The maximum atomic E-state index is 12.6. The summed E-state index contributed by atoms with van der Waals surface area (Å²) in [5, 5.41) is 8.11. The molecular weight excluding hydrogens is 414 g/mol. The normalized spacial score (nSPS) is 10.3. The second kappa shape index (κ2) is 11.0. The molecule has 0 spiro atoms. The lowest BCUT2D eigenvalue weighted by Crippen LogP contribution is -2.33. The second-order valence-electron chi connectivity index (χ2n) is 7.32. The van der Waals surface area contributed by atoms with Gasteiger partial charge in [-0.15, -0.1) is 0 Å². The first-order chi connectivity index (χ1) is 15.2. The zero-order valence-corrected chi connectivity index (χ0v) is 19.1. The van der Waals surface area contributed by atoms with Crippen LogP contribution >= 0.6 is 0 Å². The number of methoxy groups -OCH3 is 3. The van der Waals surface area contributed by atoms with Crippen LogP contribution in [0.4, 0.5) is 11.4 Å². The van der Waals surface area contributed by atoms with Gasteiger partial charge in [-0.05, 0) is 36.8 Å². The fourth-order valence-electron chi connectivity index (χ4n) is 2.79. The molecule has 0 atom stereocenters. The Bertz CT molecular complexity index is 978. The summed E-state index contributed by atoms with van der Waals surface area (Å²) in [6.07, 6.45) is 0. The maximum absolute atomic E-state index is 12.6. The molecule has 32 heavy (non-hydrogen) atoms. The van der Waals surface area contributed by atoms with Crippen LogP contribution in [0.15, 0.2) is 30.3 Å². The van der Waals surface area contributed by atoms with Gasteiger partial charge in [-0.2, -0.15) is 0 Å². The summed E-state index contributed by atoms with van der Waals surface area (Å²) in [4.78, 5) is 36.9. The summed E-state index contributed by atoms with van der Waals surface area (Å²) >= 11 is 0. The van der Waals surface area contributed by atoms with E-state index in [2.05, 4.69) is 16.0 Å². The van der Waals surface area contributed by atoms with Gasteiger partial charge >= 0.3 is 0 Å². The smallest absolute Gasteiger partial charge is 0.251 e. The van der Waals surface area contributed by atoms with Gasteiger partial charge in [0.25, 0.3) is 5.91 Å². The van der Waals surface area contributed by atoms with E-state index < -0.39 is 11.8 Å². The van der Waals surface area contributed by atoms with Crippen LogP contribution in [0, 0.1) is 12.8 Å². The van der Waals surface area contributed by atoms with Crippen LogP contribution in [0.25, 0.3) is 0 Å². The summed E-state index contributed by atoms with van der Waals surface area (Å²) in [5.41, 5.74) is 2.18. The lowest BCUT2D eigenvalue weighted by Gasteiger charge is -2.14. The number of aryl methyl sites for hydroxylation is 1. The molecule has 0 aliphatic carbocycles. The quantitative estimate of drug-likeness (QED) is 0.549. The number of carbonyl (C=O) groups excluding carboxylic acids is 3. The first-order valence-electron chi connectivity index (χ1n) is 9.99. The van der Waals surface area contributed by atoms with Gasteiger partial charge in [0.05, 0.1) is 27.9 Å². The van der Waals surface area contributed by atoms with Crippen molar-refractivity contribution in [2.24, 2.45) is 5.92 Å². The van der Waals surface area contributed by atoms with E-state index in [0.29, 0.717) is 28.6 Å². The van der Waals surface area contributed by atoms with Crippen molar-refractivity contribution in [2.45, 2.75) is 20.8 Å². The van der Waals surface area contributed by atoms with Gasteiger partial charge in [-0.25, -0.2) is 0 Å². The van der Waals surface area contributed by atoms with Gasteiger partial charge in [-0.1, -0.05) is 19.9 Å². The molecule has 0 unspecified atom stereocenters. The molecule has 0 heterocycles. The highest BCUT2D eigenvalue weighted by Gasteiger charge is 2.18. The standard InChI is InChI=1S/C23H29N3O6/c1-13(2)22(28)25-16-8-7-14(3)17(11-16)26-20(27)12-24-23(29)15-9-18(30-4)21(32-6)19(10-15)31-5/h7-11,13H,12H2,1-6H3,(H,24,29)(H,25,28)(H,26,27). The van der Waals surface area contributed by atoms with E-state index in [1.54, 1.807) is 32.0 Å². The Labute approximate surface area is 187 Å². The predicted molar refractivity (Wildman–Crippen MR) is 122 cm³/mol. The Morgan fingerprint density at radius 1 is 0.906 bits per heavy atom. The minimum Gasteiger partial charge on any atom is -0.493 e. The zero-order valence-electron chi connectivity index (χ0n) is 19.1. The topological polar surface area (TPSA) is 115 Å². The van der Waals surface area contributed by atoms with E-state index in [9.17, 15) is 14.4 Å². The first kappa shape index (κ1) is 24.5. The number of carbonyl (C=O) groups is 3. The highest BCUT2D eigenvalue weighted by Crippen LogP contribution is 2.38. The average molecular weight is 444 g/mol. The minimum absolute atomic E-state index is 0.122. The minimum atomic E-state index is -0.478. The summed E-state index contributed by atoms with van der Waals surface area (Å²) in [5.74, 6) is -0.155. The summed E-state index contributed by atoms with van der Waals surface area (Å²) in [6.45, 7) is 5.17. The van der Waals surface area contributed by atoms with E-state index in [-0.39, 0.29) is 23.9 Å². The zero-order chi connectivity index (χ0) is 23.8. The molecule has 2 aromatic rings. The number of nitrogens with one attached hydrogen (secondary N) is 3. The number of anilines is 2. The molecule has 172 valence electrons. The van der Waals surface area contributed by atoms with Crippen LogP contribution in [0.2, 0.25) is 0 Å². The predicted octanol–water partition coefficient (Wildman–Crippen LogP) is 2.98. The molecule has 9 nitrogen and oxygen atoms in total. The van der Waals surface area contributed by atoms with Gasteiger partial charge < -0.3 is 30.2 Å². The van der Waals surface area contributed by atoms with E-state index in [0.717, 1.165) is 5.56 Å². The van der Waals surface area contributed by atoms with Gasteiger partial charge in [0.15, 0.2) is 11.5 Å². The van der Waals surface area contributed by atoms with E-state index in [1.165, 1.54) is 33.5 Å². The fraction of sp³-hybridized carbons (Fsp3) is 0.348. The average Bonchev–Trinajstić information content (AvgIpc) is 2.78. The SMILES string of the molecule is COc1cc(C(=O)NCC(=O)Nc2cc(NC(=O)C(C)C)ccc2C)cc(OC)c1OC. The van der Waals surface area contributed by atoms with Crippen LogP contribution in [-0.2, 0) is 9.59 Å². The molecule has 2 rings (SSSR count). The van der Waals surface area contributed by atoms with Crippen LogP contribution in [0.1, 0.15) is 29.8 Å². The van der Waals surface area contributed by atoms with Gasteiger partial charge in [0, 0.05) is 22.9 Å². The van der Waals surface area contributed by atoms with Crippen molar-refractivity contribution in [1.29, 1.82) is 0 Å². The van der Waals surface area contributed by atoms with Crippen molar-refractivity contribution < 1.29 is 28.6 Å². The molecule has 0 saturated carbocycles. The van der Waals surface area contributed by atoms with Crippen molar-refractivity contribution in [3.63, 3.8) is 0 Å². The van der Waals surface area contributed by atoms with Crippen molar-refractivity contribution >= 4 is 29.1 Å². The van der Waals surface area contributed by atoms with E-state index in [4.69, 9.17) is 14.2 Å². The molecule has 0 bridgehead atoms. The highest BCUT2D eigenvalue weighted by molar-refractivity contribution is 6.01. The molecule has 0 saturated heterocycles. The van der Waals surface area contributed by atoms with Crippen LogP contribution in [0.3, 0.4) is 0 Å². The third kappa shape index (κ3) is 6.13. The van der Waals surface area contributed by atoms with E-state index in [1.807, 2.05) is 6.92 Å². The third-order valence-electron chi connectivity index (χ3n) is 4.64. The number of hydrogen-bond acceptors (Lipinski definition) is 6. The molecule has 0 aliphatic heterocycles. The van der Waals surface area contributed by atoms with Crippen molar-refractivity contribution in [2.75, 3.05) is 38.5 Å². The number of amides is 3. The lowest BCUT2D eigenvalue weighted by molar-refractivity contribution is -0.119. The number of rotatable bonds is 9. The van der Waals surface area contributed by atoms with Gasteiger partial charge in [0.1, 0.15) is 0 Å². The molecule has 0 aromatic heterocycles. The summed E-state index contributed by atoms with van der Waals surface area (Å²) in [6, 6.07) is 8.23. The fourth-order valence-corrected chi connectivity index (χ4v) is 2.79. The Hall–Kier alpha value is -3.75. The van der Waals surface area contributed by atoms with Crippen LogP contribution in [-0.4, -0.2) is 45.6 Å². The second-order valence-corrected chi connectivity index (χ2v) is 7.32. The van der Waals surface area contributed by atoms with Gasteiger partial charge in [0.2, 0.25) is 17.6 Å². The Morgan fingerprint density at radius 2 is 1.53 bits per heavy atom. The first-order valence-corrected chi connectivity index (χ1v) is 9.99. The Morgan fingerprint density at radius 3 is 2.06 bits per heavy atom. The van der Waals surface area contributed by atoms with Crippen molar-refractivity contribution in [3.8, 4) is 17.2 Å². The van der Waals surface area contributed by atoms with Crippen LogP contribution < -0.4 is 30.2 Å². The molecule has 3 amide bonds. The lowest BCUT2D eigenvalue weighted by atomic mass is 10.1.